The summed E-state index contributed by atoms with van der Waals surface area (Å²) < 4.78 is 1.76. The molecule has 0 saturated carbocycles. The van der Waals surface area contributed by atoms with Crippen LogP contribution in [0.2, 0.25) is 5.15 Å². The van der Waals surface area contributed by atoms with Crippen molar-refractivity contribution in [2.24, 2.45) is 7.05 Å². The number of halogens is 1. The quantitative estimate of drug-likeness (QED) is 0.783. The molecule has 1 heterocycles. The minimum Gasteiger partial charge on any atom is -0.481 e. The molecule has 0 saturated heterocycles. The highest BCUT2D eigenvalue weighted by Gasteiger charge is 2.02. The Labute approximate surface area is 75.6 Å². The number of nitrogens with zero attached hydrogens (tertiary/aromatic N) is 1. The highest BCUT2D eigenvalue weighted by atomic mass is 35.5. The Morgan fingerprint density at radius 3 is 2.83 bits per heavy atom. The molecule has 0 radical (unpaired) electrons. The van der Waals surface area contributed by atoms with Gasteiger partial charge >= 0.3 is 5.97 Å². The Kier molecular flexibility index (Phi) is 2.76. The van der Waals surface area contributed by atoms with Crippen LogP contribution in [0, 0.1) is 0 Å². The second-order valence-corrected chi connectivity index (χ2v) is 3.06. The predicted octanol–water partition coefficient (Wildman–Crippen LogP) is 1.70. The molecule has 0 atom stereocenters. The maximum atomic E-state index is 10.2. The first-order valence-electron chi connectivity index (χ1n) is 3.62. The van der Waals surface area contributed by atoms with Gasteiger partial charge in [0.05, 0.1) is 0 Å². The van der Waals surface area contributed by atoms with Crippen LogP contribution in [-0.2, 0) is 18.3 Å². The highest BCUT2D eigenvalue weighted by Crippen LogP contribution is 2.13. The third kappa shape index (κ3) is 2.27. The summed E-state index contributed by atoms with van der Waals surface area (Å²) in [5.74, 6) is -0.782. The Balaban J connectivity index is 2.58. The van der Waals surface area contributed by atoms with Gasteiger partial charge in [-0.3, -0.25) is 4.79 Å². The van der Waals surface area contributed by atoms with Gasteiger partial charge in [0.1, 0.15) is 5.15 Å². The Morgan fingerprint density at radius 1 is 1.75 bits per heavy atom. The van der Waals surface area contributed by atoms with Gasteiger partial charge in [-0.2, -0.15) is 0 Å². The SMILES string of the molecule is Cn1cc(CCC(=O)O)cc1Cl. The number of aromatic nitrogens is 1. The molecule has 0 aliphatic heterocycles. The third-order valence-electron chi connectivity index (χ3n) is 1.63. The van der Waals surface area contributed by atoms with Crippen LogP contribution >= 0.6 is 11.6 Å². The zero-order chi connectivity index (χ0) is 9.14. The lowest BCUT2D eigenvalue weighted by Gasteiger charge is -1.91. The standard InChI is InChI=1S/C8H10ClNO2/c1-10-5-6(4-7(10)9)2-3-8(11)12/h4-5H,2-3H2,1H3,(H,11,12). The summed E-state index contributed by atoms with van der Waals surface area (Å²) in [6.45, 7) is 0. The Hall–Kier alpha value is -0.960. The zero-order valence-electron chi connectivity index (χ0n) is 6.75. The van der Waals surface area contributed by atoms with Crippen molar-refractivity contribution in [1.29, 1.82) is 0 Å². The Bertz CT molecular complexity index is 274. The van der Waals surface area contributed by atoms with Crippen molar-refractivity contribution in [1.82, 2.24) is 4.57 Å². The van der Waals surface area contributed by atoms with Crippen molar-refractivity contribution < 1.29 is 9.90 Å². The summed E-state index contributed by atoms with van der Waals surface area (Å²) in [7, 11) is 1.83. The molecule has 0 aliphatic carbocycles. The molecular formula is C8H10ClNO2. The molecule has 66 valence electrons. The van der Waals surface area contributed by atoms with E-state index in [4.69, 9.17) is 16.7 Å². The molecule has 0 aromatic carbocycles. The zero-order valence-corrected chi connectivity index (χ0v) is 7.51. The normalized spacial score (nSPS) is 10.2. The van der Waals surface area contributed by atoms with Crippen molar-refractivity contribution in [3.05, 3.63) is 23.0 Å². The number of hydrogen-bond acceptors (Lipinski definition) is 1. The van der Waals surface area contributed by atoms with Crippen LogP contribution in [0.25, 0.3) is 0 Å². The number of aliphatic carboxylic acids is 1. The summed E-state index contributed by atoms with van der Waals surface area (Å²) in [6.07, 6.45) is 2.53. The van der Waals surface area contributed by atoms with E-state index in [9.17, 15) is 4.79 Å². The van der Waals surface area contributed by atoms with E-state index >= 15 is 0 Å². The van der Waals surface area contributed by atoms with Gasteiger partial charge < -0.3 is 9.67 Å². The van der Waals surface area contributed by atoms with E-state index in [0.717, 1.165) is 5.56 Å². The van der Waals surface area contributed by atoms with E-state index in [-0.39, 0.29) is 6.42 Å². The van der Waals surface area contributed by atoms with Crippen molar-refractivity contribution in [2.75, 3.05) is 0 Å². The molecular weight excluding hydrogens is 178 g/mol. The van der Waals surface area contributed by atoms with Crippen LogP contribution in [0.5, 0.6) is 0 Å². The molecule has 0 spiro atoms. The van der Waals surface area contributed by atoms with Gasteiger partial charge in [-0.15, -0.1) is 0 Å². The summed E-state index contributed by atoms with van der Waals surface area (Å²) in [5, 5.41) is 9.05. The van der Waals surface area contributed by atoms with Crippen LogP contribution in [0.1, 0.15) is 12.0 Å². The number of aryl methyl sites for hydroxylation is 2. The van der Waals surface area contributed by atoms with Crippen LogP contribution in [0.3, 0.4) is 0 Å². The van der Waals surface area contributed by atoms with E-state index < -0.39 is 5.97 Å². The molecule has 0 fully saturated rings. The Morgan fingerprint density at radius 2 is 2.42 bits per heavy atom. The second-order valence-electron chi connectivity index (χ2n) is 2.68. The number of carbonyl (C=O) groups is 1. The molecule has 12 heavy (non-hydrogen) atoms. The number of hydrogen-bond donors (Lipinski definition) is 1. The number of rotatable bonds is 3. The third-order valence-corrected chi connectivity index (χ3v) is 2.00. The lowest BCUT2D eigenvalue weighted by molar-refractivity contribution is -0.136. The summed E-state index contributed by atoms with van der Waals surface area (Å²) >= 11 is 5.76. The monoisotopic (exact) mass is 187 g/mol. The van der Waals surface area contributed by atoms with E-state index in [0.29, 0.717) is 11.6 Å². The van der Waals surface area contributed by atoms with Crippen LogP contribution in [0.15, 0.2) is 12.3 Å². The fraction of sp³-hybridized carbons (Fsp3) is 0.375. The lowest BCUT2D eigenvalue weighted by Crippen LogP contribution is -1.96. The van der Waals surface area contributed by atoms with Crippen molar-refractivity contribution in [3.8, 4) is 0 Å². The van der Waals surface area contributed by atoms with Crippen molar-refractivity contribution in [3.63, 3.8) is 0 Å². The fourth-order valence-electron chi connectivity index (χ4n) is 0.990. The van der Waals surface area contributed by atoms with E-state index in [2.05, 4.69) is 0 Å². The van der Waals surface area contributed by atoms with E-state index in [1.54, 1.807) is 10.6 Å². The average molecular weight is 188 g/mol. The topological polar surface area (TPSA) is 42.2 Å². The maximum absolute atomic E-state index is 10.2. The van der Waals surface area contributed by atoms with Gasteiger partial charge in [-0.25, -0.2) is 0 Å². The molecule has 4 heteroatoms. The predicted molar refractivity (Wildman–Crippen MR) is 46.4 cm³/mol. The van der Waals surface area contributed by atoms with Crippen molar-refractivity contribution >= 4 is 17.6 Å². The molecule has 0 amide bonds. The first-order chi connectivity index (χ1) is 5.59. The van der Waals surface area contributed by atoms with Gasteiger partial charge in [0.25, 0.3) is 0 Å². The highest BCUT2D eigenvalue weighted by molar-refractivity contribution is 6.29. The lowest BCUT2D eigenvalue weighted by atomic mass is 10.2. The largest absolute Gasteiger partial charge is 0.481 e. The minimum atomic E-state index is -0.782. The van der Waals surface area contributed by atoms with Gasteiger partial charge in [-0.05, 0) is 18.1 Å². The number of carboxylic acids is 1. The molecule has 1 rings (SSSR count). The van der Waals surface area contributed by atoms with Crippen LogP contribution in [-0.4, -0.2) is 15.6 Å². The smallest absolute Gasteiger partial charge is 0.303 e. The molecule has 1 aromatic rings. The fourth-order valence-corrected chi connectivity index (χ4v) is 1.18. The second kappa shape index (κ2) is 3.63. The molecule has 1 aromatic heterocycles. The molecule has 0 unspecified atom stereocenters. The van der Waals surface area contributed by atoms with Gasteiger partial charge in [-0.1, -0.05) is 11.6 Å². The number of carboxylic acid groups (broad SMARTS) is 1. The van der Waals surface area contributed by atoms with Gasteiger partial charge in [0.2, 0.25) is 0 Å². The summed E-state index contributed by atoms with van der Waals surface area (Å²) in [6, 6.07) is 1.78. The maximum Gasteiger partial charge on any atom is 0.303 e. The molecule has 3 nitrogen and oxygen atoms in total. The average Bonchev–Trinajstić information content (AvgIpc) is 2.28. The summed E-state index contributed by atoms with van der Waals surface area (Å²) in [5.41, 5.74) is 0.963. The molecule has 0 aliphatic rings. The minimum absolute atomic E-state index is 0.153. The van der Waals surface area contributed by atoms with E-state index in [1.165, 1.54) is 0 Å². The molecule has 0 bridgehead atoms. The van der Waals surface area contributed by atoms with Gasteiger partial charge in [0.15, 0.2) is 0 Å². The van der Waals surface area contributed by atoms with E-state index in [1.807, 2.05) is 13.2 Å². The van der Waals surface area contributed by atoms with Gasteiger partial charge in [0, 0.05) is 19.7 Å². The first-order valence-corrected chi connectivity index (χ1v) is 4.00. The van der Waals surface area contributed by atoms with Crippen LogP contribution < -0.4 is 0 Å². The van der Waals surface area contributed by atoms with Crippen molar-refractivity contribution in [2.45, 2.75) is 12.8 Å². The molecule has 1 N–H and O–H groups in total. The van der Waals surface area contributed by atoms with Crippen LogP contribution in [0.4, 0.5) is 0 Å². The first kappa shape index (κ1) is 9.13. The summed E-state index contributed by atoms with van der Waals surface area (Å²) in [4.78, 5) is 10.2.